The largest absolute Gasteiger partial charge is 0.349 e. The van der Waals surface area contributed by atoms with Crippen LogP contribution in [0.2, 0.25) is 0 Å². The van der Waals surface area contributed by atoms with Gasteiger partial charge in [-0.15, -0.1) is 5.10 Å². The van der Waals surface area contributed by atoms with Crippen LogP contribution in [0.15, 0.2) is 23.4 Å². The molecule has 2 aromatic rings. The van der Waals surface area contributed by atoms with Crippen LogP contribution in [0.4, 0.5) is 0 Å². The van der Waals surface area contributed by atoms with E-state index >= 15 is 0 Å². The van der Waals surface area contributed by atoms with E-state index in [2.05, 4.69) is 46.0 Å². The maximum Gasteiger partial charge on any atom is 0.230 e. The van der Waals surface area contributed by atoms with Crippen molar-refractivity contribution in [3.63, 3.8) is 0 Å². The molecule has 0 radical (unpaired) electrons. The molecule has 150 valence electrons. The molecule has 1 atom stereocenters. The summed E-state index contributed by atoms with van der Waals surface area (Å²) >= 11 is 1.43. The van der Waals surface area contributed by atoms with Crippen molar-refractivity contribution in [3.05, 3.63) is 34.9 Å². The van der Waals surface area contributed by atoms with Crippen LogP contribution in [-0.2, 0) is 17.6 Å². The van der Waals surface area contributed by atoms with Gasteiger partial charge in [0.1, 0.15) is 0 Å². The number of nitrogens with one attached hydrogen (secondary N) is 1. The highest BCUT2D eigenvalue weighted by atomic mass is 32.2. The Morgan fingerprint density at radius 2 is 1.96 bits per heavy atom. The molecule has 6 nitrogen and oxygen atoms in total. The first kappa shape index (κ1) is 19.4. The van der Waals surface area contributed by atoms with E-state index in [4.69, 9.17) is 0 Å². The molecule has 1 N–H and O–H groups in total. The van der Waals surface area contributed by atoms with Crippen LogP contribution in [0.5, 0.6) is 0 Å². The first-order valence-corrected chi connectivity index (χ1v) is 11.5. The summed E-state index contributed by atoms with van der Waals surface area (Å²) in [6.07, 6.45) is 10.9. The summed E-state index contributed by atoms with van der Waals surface area (Å²) in [4.78, 5) is 12.5. The fraction of sp³-hybridized carbons (Fsp3) is 0.619. The number of tetrazole rings is 1. The topological polar surface area (TPSA) is 72.7 Å². The Morgan fingerprint density at radius 3 is 2.79 bits per heavy atom. The molecule has 4 rings (SSSR count). The van der Waals surface area contributed by atoms with Gasteiger partial charge >= 0.3 is 0 Å². The van der Waals surface area contributed by atoms with Crippen molar-refractivity contribution in [2.45, 2.75) is 82.0 Å². The van der Waals surface area contributed by atoms with Gasteiger partial charge in [0.15, 0.2) is 0 Å². The number of benzene rings is 1. The molecule has 0 spiro atoms. The second-order valence-electron chi connectivity index (χ2n) is 8.01. The lowest BCUT2D eigenvalue weighted by atomic mass is 9.89. The Labute approximate surface area is 170 Å². The zero-order chi connectivity index (χ0) is 19.3. The quantitative estimate of drug-likeness (QED) is 0.743. The highest BCUT2D eigenvalue weighted by Crippen LogP contribution is 2.30. The highest BCUT2D eigenvalue weighted by Gasteiger charge is 2.21. The molecule has 0 bridgehead atoms. The van der Waals surface area contributed by atoms with Crippen LogP contribution in [0.3, 0.4) is 0 Å². The van der Waals surface area contributed by atoms with Crippen LogP contribution in [0, 0.1) is 0 Å². The first-order valence-electron chi connectivity index (χ1n) is 10.5. The number of thioether (sulfide) groups is 1. The second kappa shape index (κ2) is 9.07. The van der Waals surface area contributed by atoms with Gasteiger partial charge in [-0.25, -0.2) is 4.68 Å². The fourth-order valence-electron chi connectivity index (χ4n) is 4.35. The SMILES string of the molecule is CC(NC(=O)CSc1nnnn1C1CCCCC1)c1ccc2c(c1)CCCC2. The van der Waals surface area contributed by atoms with E-state index < -0.39 is 0 Å². The van der Waals surface area contributed by atoms with E-state index in [1.807, 2.05) is 4.68 Å². The molecule has 2 aliphatic carbocycles. The fourth-order valence-corrected chi connectivity index (χ4v) is 5.11. The average molecular weight is 400 g/mol. The first-order chi connectivity index (χ1) is 13.7. The Bertz CT molecular complexity index is 815. The summed E-state index contributed by atoms with van der Waals surface area (Å²) in [7, 11) is 0. The minimum absolute atomic E-state index is 0.00895. The number of aromatic nitrogens is 4. The van der Waals surface area contributed by atoms with Gasteiger partial charge in [0, 0.05) is 0 Å². The Morgan fingerprint density at radius 1 is 1.18 bits per heavy atom. The molecule has 1 amide bonds. The molecule has 1 aromatic carbocycles. The van der Waals surface area contributed by atoms with E-state index in [0.29, 0.717) is 11.8 Å². The van der Waals surface area contributed by atoms with Crippen LogP contribution >= 0.6 is 11.8 Å². The predicted octanol–water partition coefficient (Wildman–Crippen LogP) is 4.03. The van der Waals surface area contributed by atoms with E-state index in [0.717, 1.165) is 24.4 Å². The monoisotopic (exact) mass is 399 g/mol. The molecule has 1 aromatic heterocycles. The van der Waals surface area contributed by atoms with Crippen molar-refractivity contribution >= 4 is 17.7 Å². The zero-order valence-electron chi connectivity index (χ0n) is 16.6. The Hall–Kier alpha value is -1.89. The van der Waals surface area contributed by atoms with E-state index in [1.165, 1.54) is 67.0 Å². The molecule has 1 fully saturated rings. The lowest BCUT2D eigenvalue weighted by Gasteiger charge is -2.22. The van der Waals surface area contributed by atoms with Crippen LogP contribution in [0.1, 0.15) is 80.6 Å². The average Bonchev–Trinajstić information content (AvgIpc) is 3.21. The molecule has 0 aliphatic heterocycles. The summed E-state index contributed by atoms with van der Waals surface area (Å²) in [6.45, 7) is 2.05. The minimum atomic E-state index is 0.00895. The molecule has 1 heterocycles. The number of carbonyl (C=O) groups is 1. The van der Waals surface area contributed by atoms with Gasteiger partial charge in [-0.3, -0.25) is 4.79 Å². The van der Waals surface area contributed by atoms with Gasteiger partial charge in [-0.05, 0) is 72.6 Å². The van der Waals surface area contributed by atoms with Gasteiger partial charge in [0.2, 0.25) is 11.1 Å². The number of carbonyl (C=O) groups excluding carboxylic acids is 1. The van der Waals surface area contributed by atoms with E-state index in [-0.39, 0.29) is 11.9 Å². The number of nitrogens with zero attached hydrogens (tertiary/aromatic N) is 4. The number of aryl methyl sites for hydroxylation is 2. The maximum atomic E-state index is 12.5. The molecule has 1 saturated carbocycles. The smallest absolute Gasteiger partial charge is 0.230 e. The standard InChI is InChI=1S/C21H29N5OS/c1-15(17-12-11-16-7-5-6-8-18(16)13-17)22-20(27)14-28-21-23-24-25-26(21)19-9-3-2-4-10-19/h11-13,15,19H,2-10,14H2,1H3,(H,22,27). The van der Waals surface area contributed by atoms with Crippen molar-refractivity contribution in [1.82, 2.24) is 25.5 Å². The third kappa shape index (κ3) is 4.57. The van der Waals surface area contributed by atoms with Crippen molar-refractivity contribution in [3.8, 4) is 0 Å². The summed E-state index contributed by atoms with van der Waals surface area (Å²) in [6, 6.07) is 7.06. The van der Waals surface area contributed by atoms with Crippen molar-refractivity contribution in [2.75, 3.05) is 5.75 Å². The van der Waals surface area contributed by atoms with Crippen molar-refractivity contribution < 1.29 is 4.79 Å². The van der Waals surface area contributed by atoms with Crippen LogP contribution in [-0.4, -0.2) is 31.9 Å². The van der Waals surface area contributed by atoms with Crippen LogP contribution < -0.4 is 5.32 Å². The second-order valence-corrected chi connectivity index (χ2v) is 8.95. The predicted molar refractivity (Wildman–Crippen MR) is 110 cm³/mol. The third-order valence-corrected chi connectivity index (χ3v) is 6.90. The number of amides is 1. The third-order valence-electron chi connectivity index (χ3n) is 5.97. The minimum Gasteiger partial charge on any atom is -0.349 e. The lowest BCUT2D eigenvalue weighted by molar-refractivity contribution is -0.119. The van der Waals surface area contributed by atoms with Crippen LogP contribution in [0.25, 0.3) is 0 Å². The Kier molecular flexibility index (Phi) is 6.29. The highest BCUT2D eigenvalue weighted by molar-refractivity contribution is 7.99. The Balaban J connectivity index is 1.32. The number of hydrogen-bond acceptors (Lipinski definition) is 5. The summed E-state index contributed by atoms with van der Waals surface area (Å²) in [5, 5.41) is 16.0. The van der Waals surface area contributed by atoms with E-state index in [9.17, 15) is 4.79 Å². The molecule has 0 saturated heterocycles. The van der Waals surface area contributed by atoms with Gasteiger partial charge in [0.25, 0.3) is 0 Å². The number of hydrogen-bond donors (Lipinski definition) is 1. The van der Waals surface area contributed by atoms with Gasteiger partial charge in [-0.2, -0.15) is 0 Å². The van der Waals surface area contributed by atoms with Gasteiger partial charge < -0.3 is 5.32 Å². The summed E-state index contributed by atoms with van der Waals surface area (Å²) in [5.74, 6) is 0.357. The zero-order valence-corrected chi connectivity index (χ0v) is 17.4. The number of rotatable bonds is 6. The molecule has 1 unspecified atom stereocenters. The maximum absolute atomic E-state index is 12.5. The summed E-state index contributed by atoms with van der Waals surface area (Å²) in [5.41, 5.74) is 4.11. The number of fused-ring (bicyclic) bond motifs is 1. The van der Waals surface area contributed by atoms with Gasteiger partial charge in [-0.1, -0.05) is 49.2 Å². The molecule has 28 heavy (non-hydrogen) atoms. The normalized spacial score (nSPS) is 18.5. The summed E-state index contributed by atoms with van der Waals surface area (Å²) < 4.78 is 1.92. The van der Waals surface area contributed by atoms with Gasteiger partial charge in [0.05, 0.1) is 17.8 Å². The molecular formula is C21H29N5OS. The molecule has 2 aliphatic rings. The van der Waals surface area contributed by atoms with Crippen molar-refractivity contribution in [2.24, 2.45) is 0 Å². The lowest BCUT2D eigenvalue weighted by Crippen LogP contribution is -2.28. The van der Waals surface area contributed by atoms with Crippen molar-refractivity contribution in [1.29, 1.82) is 0 Å². The molecule has 7 heteroatoms. The molecular weight excluding hydrogens is 370 g/mol. The van der Waals surface area contributed by atoms with E-state index in [1.54, 1.807) is 0 Å².